The Morgan fingerprint density at radius 2 is 1.57 bits per heavy atom. The van der Waals surface area contributed by atoms with Gasteiger partial charge in [0.2, 0.25) is 0 Å². The molecular formula is C26H40O5P4. The van der Waals surface area contributed by atoms with Crippen LogP contribution < -0.4 is 4.52 Å². The fourth-order valence-electron chi connectivity index (χ4n) is 3.45. The van der Waals surface area contributed by atoms with Crippen LogP contribution in [0.1, 0.15) is 48.3 Å². The van der Waals surface area contributed by atoms with Crippen molar-refractivity contribution in [2.75, 3.05) is 39.8 Å². The minimum atomic E-state index is -0.285. The minimum Gasteiger partial charge on any atom is -0.439 e. The molecule has 194 valence electrons. The summed E-state index contributed by atoms with van der Waals surface area (Å²) >= 11 is 0. The second-order valence-corrected chi connectivity index (χ2v) is 11.9. The first-order chi connectivity index (χ1) is 16.8. The summed E-state index contributed by atoms with van der Waals surface area (Å²) in [5.41, 5.74) is 6.53. The van der Waals surface area contributed by atoms with Crippen molar-refractivity contribution >= 4 is 40.8 Å². The van der Waals surface area contributed by atoms with Gasteiger partial charge in [-0.15, -0.1) is 9.24 Å². The van der Waals surface area contributed by atoms with E-state index in [1.54, 1.807) is 0 Å². The molecule has 1 heterocycles. The summed E-state index contributed by atoms with van der Waals surface area (Å²) in [6, 6.07) is 14.6. The highest BCUT2D eigenvalue weighted by molar-refractivity contribution is 7.57. The molecule has 3 atom stereocenters. The summed E-state index contributed by atoms with van der Waals surface area (Å²) in [7, 11) is 4.36. The maximum atomic E-state index is 5.94. The Balaban J connectivity index is 0.000000269. The maximum absolute atomic E-state index is 5.94. The molecule has 2 aromatic rings. The Hall–Kier alpha value is -0.460. The Bertz CT molecular complexity index is 887. The van der Waals surface area contributed by atoms with Crippen LogP contribution in [0.15, 0.2) is 42.5 Å². The van der Waals surface area contributed by atoms with Gasteiger partial charge in [0.25, 0.3) is 0 Å². The van der Waals surface area contributed by atoms with Gasteiger partial charge in [-0.05, 0) is 55.8 Å². The van der Waals surface area contributed by atoms with Gasteiger partial charge in [-0.25, -0.2) is 0 Å². The molecule has 1 fully saturated rings. The van der Waals surface area contributed by atoms with Crippen LogP contribution in [0.25, 0.3) is 0 Å². The van der Waals surface area contributed by atoms with Crippen molar-refractivity contribution in [1.29, 1.82) is 0 Å². The summed E-state index contributed by atoms with van der Waals surface area (Å²) in [6.45, 7) is 15.0. The van der Waals surface area contributed by atoms with Gasteiger partial charge >= 0.3 is 0 Å². The molecular weight excluding hydrogens is 516 g/mol. The zero-order valence-corrected chi connectivity index (χ0v) is 25.7. The molecule has 3 rings (SSSR count). The first-order valence-corrected chi connectivity index (χ1v) is 16.1. The number of hydrogen-bond donors (Lipinski definition) is 0. The van der Waals surface area contributed by atoms with Crippen LogP contribution in [0.3, 0.4) is 0 Å². The molecule has 1 saturated heterocycles. The van der Waals surface area contributed by atoms with E-state index in [9.17, 15) is 0 Å². The molecule has 3 unspecified atom stereocenters. The summed E-state index contributed by atoms with van der Waals surface area (Å²) in [5, 5.41) is 0. The predicted molar refractivity (Wildman–Crippen MR) is 157 cm³/mol. The third-order valence-electron chi connectivity index (χ3n) is 5.48. The fourth-order valence-corrected chi connectivity index (χ4v) is 4.87. The zero-order valence-electron chi connectivity index (χ0n) is 21.7. The molecule has 9 heteroatoms. The standard InChI is InChI=1S/C15H24O4P2.C11H16OP2/c1-12-4-6-13(7-5-12)14-16-8-15(9-17-14,10-18-20-2)11-19-21-3;1-8(2)10-5-4-9(3)6-11(10)12-14-7-13/h4-7,14,20-21H,8-11H2,1-3H3;4-8H,13H2,1-3H3. The highest BCUT2D eigenvalue weighted by atomic mass is 31.1. The van der Waals surface area contributed by atoms with Gasteiger partial charge < -0.3 is 23.0 Å². The van der Waals surface area contributed by atoms with Crippen molar-refractivity contribution in [3.8, 4) is 5.75 Å². The SMILES string of the molecule is CPOCC1(COPC)COC(c2ccc(C)cc2)OC1.Cc1ccc(C(C)C)c(OP=CP)c1. The average molecular weight is 556 g/mol. The summed E-state index contributed by atoms with van der Waals surface area (Å²) < 4.78 is 28.7. The first kappa shape index (κ1) is 30.8. The lowest BCUT2D eigenvalue weighted by Crippen LogP contribution is -2.45. The van der Waals surface area contributed by atoms with E-state index in [-0.39, 0.29) is 11.7 Å². The Morgan fingerprint density at radius 3 is 2.09 bits per heavy atom. The normalized spacial score (nSPS) is 20.7. The van der Waals surface area contributed by atoms with Crippen molar-refractivity contribution in [1.82, 2.24) is 0 Å². The van der Waals surface area contributed by atoms with Crippen molar-refractivity contribution in [3.63, 3.8) is 0 Å². The third-order valence-corrected chi connectivity index (χ3v) is 7.13. The van der Waals surface area contributed by atoms with Crippen LogP contribution in [0, 0.1) is 19.3 Å². The smallest absolute Gasteiger partial charge is 0.183 e. The Morgan fingerprint density at radius 1 is 1.00 bits per heavy atom. The highest BCUT2D eigenvalue weighted by Gasteiger charge is 2.38. The second kappa shape index (κ2) is 16.4. The summed E-state index contributed by atoms with van der Waals surface area (Å²) in [5.74, 6) is 1.51. The largest absolute Gasteiger partial charge is 0.439 e. The van der Waals surface area contributed by atoms with Crippen LogP contribution in [-0.4, -0.2) is 45.3 Å². The van der Waals surface area contributed by atoms with Crippen LogP contribution in [-0.2, 0) is 18.5 Å². The van der Waals surface area contributed by atoms with Gasteiger partial charge in [0.05, 0.1) is 31.8 Å². The van der Waals surface area contributed by atoms with Crippen LogP contribution in [0.4, 0.5) is 0 Å². The number of hydrogen-bond acceptors (Lipinski definition) is 5. The Labute approximate surface area is 219 Å². The molecule has 0 bridgehead atoms. The van der Waals surface area contributed by atoms with Crippen molar-refractivity contribution in [3.05, 3.63) is 64.7 Å². The first-order valence-electron chi connectivity index (χ1n) is 11.7. The van der Waals surface area contributed by atoms with E-state index in [0.29, 0.717) is 50.0 Å². The van der Waals surface area contributed by atoms with E-state index in [2.05, 4.69) is 79.4 Å². The molecule has 0 spiro atoms. The maximum Gasteiger partial charge on any atom is 0.183 e. The van der Waals surface area contributed by atoms with Gasteiger partial charge in [0.1, 0.15) is 14.2 Å². The molecule has 0 radical (unpaired) electrons. The quantitative estimate of drug-likeness (QED) is 0.284. The molecule has 0 N–H and O–H groups in total. The molecule has 0 aliphatic carbocycles. The molecule has 0 aromatic heterocycles. The summed E-state index contributed by atoms with van der Waals surface area (Å²) in [4.78, 5) is 0. The minimum absolute atomic E-state index is 0.187. The predicted octanol–water partition coefficient (Wildman–Crippen LogP) is 7.50. The zero-order chi connectivity index (χ0) is 25.7. The van der Waals surface area contributed by atoms with Gasteiger partial charge in [-0.3, -0.25) is 0 Å². The van der Waals surface area contributed by atoms with Gasteiger partial charge in [-0.2, -0.15) is 0 Å². The molecule has 1 aliphatic heterocycles. The monoisotopic (exact) mass is 556 g/mol. The van der Waals surface area contributed by atoms with E-state index in [0.717, 1.165) is 19.7 Å². The van der Waals surface area contributed by atoms with E-state index in [4.69, 9.17) is 23.0 Å². The topological polar surface area (TPSA) is 46.2 Å². The third kappa shape index (κ3) is 10.4. The molecule has 5 nitrogen and oxygen atoms in total. The van der Waals surface area contributed by atoms with Crippen LogP contribution >= 0.6 is 35.3 Å². The molecule has 1 aliphatic rings. The lowest BCUT2D eigenvalue weighted by atomic mass is 9.91. The molecule has 0 amide bonds. The van der Waals surface area contributed by atoms with Gasteiger partial charge in [0.15, 0.2) is 6.29 Å². The molecule has 35 heavy (non-hydrogen) atoms. The fraction of sp³-hybridized carbons (Fsp3) is 0.500. The van der Waals surface area contributed by atoms with E-state index < -0.39 is 0 Å². The summed E-state index contributed by atoms with van der Waals surface area (Å²) in [6.07, 6.45) is -0.285. The van der Waals surface area contributed by atoms with Crippen LogP contribution in [0.5, 0.6) is 5.75 Å². The van der Waals surface area contributed by atoms with E-state index >= 15 is 0 Å². The van der Waals surface area contributed by atoms with Crippen molar-refractivity contribution in [2.24, 2.45) is 5.41 Å². The molecule has 2 aromatic carbocycles. The van der Waals surface area contributed by atoms with E-state index in [1.165, 1.54) is 16.7 Å². The lowest BCUT2D eigenvalue weighted by molar-refractivity contribution is -0.244. The molecule has 0 saturated carbocycles. The number of ether oxygens (including phenoxy) is 2. The highest BCUT2D eigenvalue weighted by Crippen LogP contribution is 2.35. The average Bonchev–Trinajstić information content (AvgIpc) is 2.86. The van der Waals surface area contributed by atoms with Crippen molar-refractivity contribution < 1.29 is 23.0 Å². The Kier molecular flexibility index (Phi) is 14.4. The van der Waals surface area contributed by atoms with Gasteiger partial charge in [-0.1, -0.05) is 55.8 Å². The van der Waals surface area contributed by atoms with Crippen molar-refractivity contribution in [2.45, 2.75) is 39.9 Å². The van der Waals surface area contributed by atoms with Gasteiger partial charge in [0, 0.05) is 23.2 Å². The van der Waals surface area contributed by atoms with Crippen LogP contribution in [0.2, 0.25) is 0 Å². The number of benzene rings is 2. The second-order valence-electron chi connectivity index (χ2n) is 8.89. The number of aryl methyl sites for hydroxylation is 2. The number of rotatable bonds is 10. The van der Waals surface area contributed by atoms with E-state index in [1.807, 2.05) is 18.9 Å². The lowest BCUT2D eigenvalue weighted by Gasteiger charge is -2.39.